The molecule has 1 aromatic heterocycles. The fourth-order valence-electron chi connectivity index (χ4n) is 1.85. The SMILES string of the molecule is Brc1nc(-c2ccc(OCc3ccccc3)cc2)cs1. The predicted molar refractivity (Wildman–Crippen MR) is 86.0 cm³/mol. The molecule has 0 radical (unpaired) electrons. The summed E-state index contributed by atoms with van der Waals surface area (Å²) in [5, 5.41) is 2.03. The van der Waals surface area contributed by atoms with Gasteiger partial charge in [0.2, 0.25) is 0 Å². The van der Waals surface area contributed by atoms with Gasteiger partial charge in [-0.3, -0.25) is 0 Å². The van der Waals surface area contributed by atoms with Crippen molar-refractivity contribution in [1.29, 1.82) is 0 Å². The first-order valence-electron chi connectivity index (χ1n) is 6.19. The van der Waals surface area contributed by atoms with Crippen LogP contribution in [0.3, 0.4) is 0 Å². The van der Waals surface area contributed by atoms with E-state index in [0.29, 0.717) is 6.61 Å². The number of benzene rings is 2. The Morgan fingerprint density at radius 2 is 1.75 bits per heavy atom. The van der Waals surface area contributed by atoms with Gasteiger partial charge < -0.3 is 4.74 Å². The highest BCUT2D eigenvalue weighted by Gasteiger charge is 2.03. The Bertz CT molecular complexity index is 679. The molecule has 0 fully saturated rings. The van der Waals surface area contributed by atoms with Gasteiger partial charge >= 0.3 is 0 Å². The van der Waals surface area contributed by atoms with Crippen LogP contribution in [0.2, 0.25) is 0 Å². The van der Waals surface area contributed by atoms with E-state index < -0.39 is 0 Å². The average molecular weight is 346 g/mol. The summed E-state index contributed by atoms with van der Waals surface area (Å²) in [6, 6.07) is 18.2. The van der Waals surface area contributed by atoms with E-state index in [2.05, 4.69) is 33.0 Å². The summed E-state index contributed by atoms with van der Waals surface area (Å²) in [4.78, 5) is 4.40. The van der Waals surface area contributed by atoms with Gasteiger partial charge in [-0.05, 0) is 45.8 Å². The van der Waals surface area contributed by atoms with Gasteiger partial charge in [-0.15, -0.1) is 11.3 Å². The predicted octanol–water partition coefficient (Wildman–Crippen LogP) is 5.15. The zero-order valence-corrected chi connectivity index (χ0v) is 13.0. The lowest BCUT2D eigenvalue weighted by Gasteiger charge is -2.06. The summed E-state index contributed by atoms with van der Waals surface area (Å²) in [6.45, 7) is 0.586. The number of nitrogens with zero attached hydrogens (tertiary/aromatic N) is 1. The van der Waals surface area contributed by atoms with Crippen LogP contribution in [0.1, 0.15) is 5.56 Å². The maximum Gasteiger partial charge on any atom is 0.159 e. The van der Waals surface area contributed by atoms with Crippen LogP contribution in [-0.2, 0) is 6.61 Å². The minimum Gasteiger partial charge on any atom is -0.489 e. The van der Waals surface area contributed by atoms with Crippen LogP contribution in [0.25, 0.3) is 11.3 Å². The van der Waals surface area contributed by atoms with Crippen LogP contribution in [0.15, 0.2) is 63.9 Å². The zero-order valence-electron chi connectivity index (χ0n) is 10.6. The number of rotatable bonds is 4. The van der Waals surface area contributed by atoms with Crippen molar-refractivity contribution in [2.75, 3.05) is 0 Å². The van der Waals surface area contributed by atoms with Crippen molar-refractivity contribution >= 4 is 27.3 Å². The molecule has 2 nitrogen and oxygen atoms in total. The Labute approximate surface area is 130 Å². The molecule has 0 aliphatic carbocycles. The first-order chi connectivity index (χ1) is 9.81. The van der Waals surface area contributed by atoms with Gasteiger partial charge in [0.1, 0.15) is 12.4 Å². The molecule has 4 heteroatoms. The molecule has 3 rings (SSSR count). The number of hydrogen-bond acceptors (Lipinski definition) is 3. The summed E-state index contributed by atoms with van der Waals surface area (Å²) < 4.78 is 6.66. The Balaban J connectivity index is 1.67. The average Bonchev–Trinajstić information content (AvgIpc) is 2.93. The van der Waals surface area contributed by atoms with Gasteiger partial charge in [-0.1, -0.05) is 30.3 Å². The number of hydrogen-bond donors (Lipinski definition) is 0. The Kier molecular flexibility index (Phi) is 4.14. The third kappa shape index (κ3) is 3.26. The molecule has 0 atom stereocenters. The lowest BCUT2D eigenvalue weighted by atomic mass is 10.2. The molecule has 0 saturated heterocycles. The Morgan fingerprint density at radius 1 is 1.00 bits per heavy atom. The monoisotopic (exact) mass is 345 g/mol. The van der Waals surface area contributed by atoms with E-state index in [1.165, 1.54) is 5.56 Å². The van der Waals surface area contributed by atoms with Gasteiger partial charge in [-0.2, -0.15) is 0 Å². The quantitative estimate of drug-likeness (QED) is 0.652. The summed E-state index contributed by atoms with van der Waals surface area (Å²) in [5.74, 6) is 0.867. The molecule has 0 unspecified atom stereocenters. The van der Waals surface area contributed by atoms with Crippen molar-refractivity contribution in [2.45, 2.75) is 6.61 Å². The topological polar surface area (TPSA) is 22.1 Å². The molecule has 3 aromatic rings. The van der Waals surface area contributed by atoms with Gasteiger partial charge in [0.05, 0.1) is 5.69 Å². The van der Waals surface area contributed by atoms with Crippen molar-refractivity contribution in [3.63, 3.8) is 0 Å². The molecule has 2 aromatic carbocycles. The third-order valence-electron chi connectivity index (χ3n) is 2.87. The normalized spacial score (nSPS) is 10.4. The van der Waals surface area contributed by atoms with E-state index in [1.807, 2.05) is 47.8 Å². The van der Waals surface area contributed by atoms with Crippen LogP contribution >= 0.6 is 27.3 Å². The van der Waals surface area contributed by atoms with E-state index >= 15 is 0 Å². The fraction of sp³-hybridized carbons (Fsp3) is 0.0625. The van der Waals surface area contributed by atoms with E-state index in [-0.39, 0.29) is 0 Å². The van der Waals surface area contributed by atoms with Crippen molar-refractivity contribution in [2.24, 2.45) is 0 Å². The van der Waals surface area contributed by atoms with Crippen molar-refractivity contribution in [3.05, 3.63) is 69.5 Å². The van der Waals surface area contributed by atoms with Crippen LogP contribution in [0.4, 0.5) is 0 Å². The molecular weight excluding hydrogens is 334 g/mol. The summed E-state index contributed by atoms with van der Waals surface area (Å²) in [6.07, 6.45) is 0. The molecule has 0 spiro atoms. The zero-order chi connectivity index (χ0) is 13.8. The molecule has 20 heavy (non-hydrogen) atoms. The van der Waals surface area contributed by atoms with Gasteiger partial charge in [0.15, 0.2) is 3.92 Å². The molecule has 0 N–H and O–H groups in total. The lowest BCUT2D eigenvalue weighted by molar-refractivity contribution is 0.306. The maximum atomic E-state index is 5.76. The van der Waals surface area contributed by atoms with Crippen molar-refractivity contribution in [3.8, 4) is 17.0 Å². The highest BCUT2D eigenvalue weighted by molar-refractivity contribution is 9.11. The second kappa shape index (κ2) is 6.20. The molecule has 0 saturated carbocycles. The molecule has 0 amide bonds. The smallest absolute Gasteiger partial charge is 0.159 e. The number of ether oxygens (including phenoxy) is 1. The number of aromatic nitrogens is 1. The number of thiazole rings is 1. The Hall–Kier alpha value is -1.65. The summed E-state index contributed by atoms with van der Waals surface area (Å²) in [7, 11) is 0. The summed E-state index contributed by atoms with van der Waals surface area (Å²) >= 11 is 4.96. The van der Waals surface area contributed by atoms with Crippen molar-refractivity contribution < 1.29 is 4.74 Å². The number of halogens is 1. The molecule has 0 aliphatic heterocycles. The molecular formula is C16H12BrNOS. The highest BCUT2D eigenvalue weighted by atomic mass is 79.9. The van der Waals surface area contributed by atoms with E-state index in [1.54, 1.807) is 11.3 Å². The van der Waals surface area contributed by atoms with E-state index in [0.717, 1.165) is 20.9 Å². The van der Waals surface area contributed by atoms with Gasteiger partial charge in [0.25, 0.3) is 0 Å². The third-order valence-corrected chi connectivity index (χ3v) is 4.24. The van der Waals surface area contributed by atoms with E-state index in [9.17, 15) is 0 Å². The van der Waals surface area contributed by atoms with Crippen LogP contribution in [0.5, 0.6) is 5.75 Å². The standard InChI is InChI=1S/C16H12BrNOS/c17-16-18-15(11-20-16)13-6-8-14(9-7-13)19-10-12-4-2-1-3-5-12/h1-9,11H,10H2. The molecule has 1 heterocycles. The van der Waals surface area contributed by atoms with Crippen LogP contribution < -0.4 is 4.74 Å². The first kappa shape index (κ1) is 13.3. The Morgan fingerprint density at radius 3 is 2.40 bits per heavy atom. The van der Waals surface area contributed by atoms with Crippen LogP contribution in [-0.4, -0.2) is 4.98 Å². The molecule has 0 aliphatic rings. The molecule has 100 valence electrons. The highest BCUT2D eigenvalue weighted by Crippen LogP contribution is 2.26. The van der Waals surface area contributed by atoms with Gasteiger partial charge in [0, 0.05) is 10.9 Å². The van der Waals surface area contributed by atoms with E-state index in [4.69, 9.17) is 4.74 Å². The second-order valence-corrected chi connectivity index (χ2v) is 6.42. The fourth-order valence-corrected chi connectivity index (χ4v) is 2.87. The second-order valence-electron chi connectivity index (χ2n) is 4.28. The minimum absolute atomic E-state index is 0.586. The largest absolute Gasteiger partial charge is 0.489 e. The molecule has 0 bridgehead atoms. The maximum absolute atomic E-state index is 5.76. The van der Waals surface area contributed by atoms with Crippen LogP contribution in [0, 0.1) is 0 Å². The minimum atomic E-state index is 0.586. The van der Waals surface area contributed by atoms with Crippen molar-refractivity contribution in [1.82, 2.24) is 4.98 Å². The lowest BCUT2D eigenvalue weighted by Crippen LogP contribution is -1.94. The first-order valence-corrected chi connectivity index (χ1v) is 7.87. The summed E-state index contributed by atoms with van der Waals surface area (Å²) in [5.41, 5.74) is 3.25. The van der Waals surface area contributed by atoms with Gasteiger partial charge in [-0.25, -0.2) is 4.98 Å².